The lowest BCUT2D eigenvalue weighted by atomic mass is 9.96. The number of aliphatic hydroxyl groups is 10. The van der Waals surface area contributed by atoms with Gasteiger partial charge in [-0.05, 0) is 40.0 Å². The molecule has 0 saturated carbocycles. The van der Waals surface area contributed by atoms with Gasteiger partial charge in [0.25, 0.3) is 0 Å². The monoisotopic (exact) mass is 858 g/mol. The van der Waals surface area contributed by atoms with Crippen LogP contribution >= 0.6 is 0 Å². The molecule has 0 aromatic rings. The van der Waals surface area contributed by atoms with Crippen molar-refractivity contribution in [2.75, 3.05) is 6.61 Å². The number of carboxylic acids is 1. The topological polar surface area (TPSA) is 313 Å². The first-order valence-corrected chi connectivity index (χ1v) is 21.2. The third-order valence-corrected chi connectivity index (χ3v) is 11.7. The minimum atomic E-state index is -1.90. The average Bonchev–Trinajstić information content (AvgIpc) is 3.20. The summed E-state index contributed by atoms with van der Waals surface area (Å²) in [6, 6.07) is 0. The minimum absolute atomic E-state index is 0.169. The normalized spacial score (nSPS) is 43.7. The van der Waals surface area contributed by atoms with Gasteiger partial charge in [0.15, 0.2) is 25.2 Å². The fraction of sp³-hybridized carbons (Fsp3) is 0.974. The zero-order valence-electron chi connectivity index (χ0n) is 34.4. The van der Waals surface area contributed by atoms with E-state index in [0.717, 1.165) is 51.4 Å². The van der Waals surface area contributed by atoms with E-state index in [4.69, 9.17) is 43.0 Å². The molecule has 0 amide bonds. The zero-order chi connectivity index (χ0) is 43.6. The van der Waals surface area contributed by atoms with E-state index in [2.05, 4.69) is 0 Å². The van der Waals surface area contributed by atoms with Gasteiger partial charge in [0.05, 0.1) is 31.0 Å². The predicted octanol–water partition coefficient (Wildman–Crippen LogP) is -1.49. The Morgan fingerprint density at radius 2 is 0.966 bits per heavy atom. The van der Waals surface area contributed by atoms with E-state index in [1.165, 1.54) is 13.8 Å². The summed E-state index contributed by atoms with van der Waals surface area (Å²) >= 11 is 0. The molecule has 0 aromatic heterocycles. The summed E-state index contributed by atoms with van der Waals surface area (Å²) in [5.74, 6) is -0.792. The van der Waals surface area contributed by atoms with Gasteiger partial charge in [0, 0.05) is 6.42 Å². The van der Waals surface area contributed by atoms with E-state index in [1.54, 1.807) is 6.92 Å². The third-order valence-electron chi connectivity index (χ3n) is 11.7. The van der Waals surface area contributed by atoms with Gasteiger partial charge in [-0.2, -0.15) is 0 Å². The Hall–Kier alpha value is -1.25. The predicted molar refractivity (Wildman–Crippen MR) is 201 cm³/mol. The molecule has 0 spiro atoms. The standard InChI is InChI=1S/C39H70O20/c1-5-6-14-21(15-12-10-8-7-9-11-13-16-23(41)42)55-38-34(28(47)25(44)19(3)53-38)59-39-35(29(48)26(45)22(17-40)56-39)58-37-32(51)30(49)33(20(4)54-37)57-36-31(50)27(46)24(43)18(2)52-36/h18-22,24-40,43-51H,5-17H2,1-4H3,(H,41,42)/t18-,19-,20-,21+,22+,24+,25-,26+,27+,28+,29-,30-,31-,32+,33-,34-,35+,36+,37-,38+,39-/m1/s1. The Kier molecular flexibility index (Phi) is 20.5. The summed E-state index contributed by atoms with van der Waals surface area (Å²) in [5.41, 5.74) is 0. The highest BCUT2D eigenvalue weighted by Crippen LogP contribution is 2.35. The van der Waals surface area contributed by atoms with Gasteiger partial charge in [-0.1, -0.05) is 58.3 Å². The van der Waals surface area contributed by atoms with Gasteiger partial charge >= 0.3 is 5.97 Å². The second-order valence-corrected chi connectivity index (χ2v) is 16.4. The number of aliphatic carboxylic acids is 1. The van der Waals surface area contributed by atoms with Crippen molar-refractivity contribution in [3.63, 3.8) is 0 Å². The highest BCUT2D eigenvalue weighted by Gasteiger charge is 2.55. The Balaban J connectivity index is 1.45. The van der Waals surface area contributed by atoms with Gasteiger partial charge in [-0.3, -0.25) is 4.79 Å². The van der Waals surface area contributed by atoms with Crippen LogP contribution in [0.1, 0.15) is 105 Å². The van der Waals surface area contributed by atoms with Crippen LogP contribution in [0.4, 0.5) is 0 Å². The van der Waals surface area contributed by atoms with Crippen molar-refractivity contribution in [2.45, 2.75) is 234 Å². The molecule has 0 radical (unpaired) electrons. The van der Waals surface area contributed by atoms with Crippen LogP contribution in [0.15, 0.2) is 0 Å². The smallest absolute Gasteiger partial charge is 0.303 e. The summed E-state index contributed by atoms with van der Waals surface area (Å²) in [4.78, 5) is 10.7. The number of carbonyl (C=O) groups is 1. The van der Waals surface area contributed by atoms with Crippen molar-refractivity contribution >= 4 is 5.97 Å². The molecule has 4 heterocycles. The fourth-order valence-electron chi connectivity index (χ4n) is 7.90. The fourth-order valence-corrected chi connectivity index (χ4v) is 7.90. The first kappa shape index (κ1) is 50.4. The van der Waals surface area contributed by atoms with Gasteiger partial charge in [-0.15, -0.1) is 0 Å². The summed E-state index contributed by atoms with van der Waals surface area (Å²) in [5, 5.41) is 116. The molecule has 20 heteroatoms. The first-order valence-electron chi connectivity index (χ1n) is 21.2. The van der Waals surface area contributed by atoms with E-state index < -0.39 is 135 Å². The third kappa shape index (κ3) is 13.4. The molecule has 59 heavy (non-hydrogen) atoms. The molecule has 21 atom stereocenters. The number of aliphatic hydroxyl groups excluding tert-OH is 10. The first-order chi connectivity index (χ1) is 28.0. The van der Waals surface area contributed by atoms with Crippen molar-refractivity contribution < 1.29 is 98.9 Å². The van der Waals surface area contributed by atoms with Gasteiger partial charge in [0.1, 0.15) is 79.4 Å². The Bertz CT molecular complexity index is 1220. The summed E-state index contributed by atoms with van der Waals surface area (Å²) in [7, 11) is 0. The maximum atomic E-state index is 11.4. The molecule has 0 unspecified atom stereocenters. The average molecular weight is 859 g/mol. The highest BCUT2D eigenvalue weighted by molar-refractivity contribution is 5.66. The van der Waals surface area contributed by atoms with Gasteiger partial charge < -0.3 is 94.1 Å². The van der Waals surface area contributed by atoms with Crippen molar-refractivity contribution in [2.24, 2.45) is 0 Å². The number of hydrogen-bond donors (Lipinski definition) is 11. The van der Waals surface area contributed by atoms with Gasteiger partial charge in [0.2, 0.25) is 0 Å². The Labute approximate surface area is 344 Å². The Morgan fingerprint density at radius 1 is 0.508 bits per heavy atom. The lowest BCUT2D eigenvalue weighted by Crippen LogP contribution is -2.67. The minimum Gasteiger partial charge on any atom is -0.481 e. The largest absolute Gasteiger partial charge is 0.481 e. The van der Waals surface area contributed by atoms with Crippen LogP contribution in [-0.2, 0) is 42.7 Å². The quantitative estimate of drug-likeness (QED) is 0.0553. The van der Waals surface area contributed by atoms with E-state index in [0.29, 0.717) is 19.3 Å². The van der Waals surface area contributed by atoms with E-state index >= 15 is 0 Å². The molecule has 0 aromatic carbocycles. The molecule has 346 valence electrons. The van der Waals surface area contributed by atoms with Gasteiger partial charge in [-0.25, -0.2) is 0 Å². The number of hydrogen-bond acceptors (Lipinski definition) is 19. The van der Waals surface area contributed by atoms with E-state index in [9.17, 15) is 55.9 Å². The molecule has 0 aliphatic carbocycles. The van der Waals surface area contributed by atoms with Crippen LogP contribution in [0.25, 0.3) is 0 Å². The molecule has 4 aliphatic heterocycles. The summed E-state index contributed by atoms with van der Waals surface area (Å²) in [6.45, 7) is 5.71. The molecule has 0 bridgehead atoms. The summed E-state index contributed by atoms with van der Waals surface area (Å²) in [6.07, 6.45) is -21.2. The lowest BCUT2D eigenvalue weighted by molar-refractivity contribution is -0.398. The highest BCUT2D eigenvalue weighted by atomic mass is 16.8. The molecular weight excluding hydrogens is 788 g/mol. The van der Waals surface area contributed by atoms with E-state index in [1.807, 2.05) is 6.92 Å². The SMILES string of the molecule is CCCC[C@@H](CCCCCCCCCC(=O)O)O[C@@H]1O[C@H](C)[C@@H](O)[C@H](O)[C@H]1O[C@H]1O[C@@H](CO)[C@H](O)[C@@H](O)[C@@H]1O[C@H]1O[C@H](C)[C@@H](O[C@@H]2O[C@H](C)[C@H](O)[C@H](O)[C@H]2O)[C@H](O)[C@@H]1O. The van der Waals surface area contributed by atoms with Crippen LogP contribution in [-0.4, -0.2) is 198 Å². The van der Waals surface area contributed by atoms with Crippen LogP contribution < -0.4 is 0 Å². The van der Waals surface area contributed by atoms with E-state index in [-0.39, 0.29) is 12.5 Å². The van der Waals surface area contributed by atoms with Crippen molar-refractivity contribution in [1.29, 1.82) is 0 Å². The number of rotatable bonds is 22. The molecule has 4 saturated heterocycles. The zero-order valence-corrected chi connectivity index (χ0v) is 34.4. The maximum Gasteiger partial charge on any atom is 0.303 e. The molecule has 11 N–H and O–H groups in total. The molecular formula is C39H70O20. The van der Waals surface area contributed by atoms with Crippen LogP contribution in [0.5, 0.6) is 0 Å². The van der Waals surface area contributed by atoms with Crippen LogP contribution in [0, 0.1) is 0 Å². The van der Waals surface area contributed by atoms with Crippen molar-refractivity contribution in [3.05, 3.63) is 0 Å². The molecule has 4 aliphatic rings. The lowest BCUT2D eigenvalue weighted by Gasteiger charge is -2.49. The van der Waals surface area contributed by atoms with Crippen LogP contribution in [0.2, 0.25) is 0 Å². The van der Waals surface area contributed by atoms with Crippen molar-refractivity contribution in [1.82, 2.24) is 0 Å². The number of ether oxygens (including phenoxy) is 8. The molecule has 4 fully saturated rings. The second kappa shape index (κ2) is 24.0. The molecule has 4 rings (SSSR count). The Morgan fingerprint density at radius 3 is 1.58 bits per heavy atom. The molecule has 20 nitrogen and oxygen atoms in total. The summed E-state index contributed by atoms with van der Waals surface area (Å²) < 4.78 is 47.5. The second-order valence-electron chi connectivity index (χ2n) is 16.4. The van der Waals surface area contributed by atoms with Crippen molar-refractivity contribution in [3.8, 4) is 0 Å². The maximum absolute atomic E-state index is 11.4. The number of carboxylic acid groups (broad SMARTS) is 1. The number of unbranched alkanes of at least 4 members (excludes halogenated alkanes) is 7. The van der Waals surface area contributed by atoms with Crippen LogP contribution in [0.3, 0.4) is 0 Å².